The molecule has 3 N–H and O–H groups in total. The van der Waals surface area contributed by atoms with Gasteiger partial charge in [0.25, 0.3) is 0 Å². The van der Waals surface area contributed by atoms with E-state index in [-0.39, 0.29) is 0 Å². The number of nitrogens with two attached hydrogens (primary N) is 1. The van der Waals surface area contributed by atoms with Crippen molar-refractivity contribution in [3.05, 3.63) is 47.6 Å². The molecule has 16 heavy (non-hydrogen) atoms. The van der Waals surface area contributed by atoms with Crippen LogP contribution in [0.3, 0.4) is 0 Å². The van der Waals surface area contributed by atoms with Gasteiger partial charge in [-0.1, -0.05) is 35.5 Å². The molecule has 5 heteroatoms. The van der Waals surface area contributed by atoms with Crippen LogP contribution >= 0.6 is 23.4 Å². The number of halogens is 1. The van der Waals surface area contributed by atoms with Gasteiger partial charge >= 0.3 is 0 Å². The minimum absolute atomic E-state index is 0.636. The number of pyridine rings is 1. The average Bonchev–Trinajstić information content (AvgIpc) is 2.32. The van der Waals surface area contributed by atoms with Crippen LogP contribution in [0.1, 0.15) is 0 Å². The molecule has 0 fully saturated rings. The van der Waals surface area contributed by atoms with E-state index in [1.54, 1.807) is 18.0 Å². The Bertz CT molecular complexity index is 490. The van der Waals surface area contributed by atoms with Crippen LogP contribution in [0.5, 0.6) is 0 Å². The van der Waals surface area contributed by atoms with E-state index < -0.39 is 0 Å². The molecule has 0 radical (unpaired) electrons. The summed E-state index contributed by atoms with van der Waals surface area (Å²) in [7, 11) is 0. The summed E-state index contributed by atoms with van der Waals surface area (Å²) >= 11 is 7.65. The smallest absolute Gasteiger partial charge is 0.140 e. The number of hydrogen-bond acceptors (Lipinski definition) is 4. The molecule has 0 atom stereocenters. The number of nitrogen functional groups attached to an aromatic ring is 1. The van der Waals surface area contributed by atoms with Crippen molar-refractivity contribution in [1.29, 1.82) is 0 Å². The van der Waals surface area contributed by atoms with Gasteiger partial charge in [-0.15, -0.1) is 0 Å². The molecule has 1 aromatic heterocycles. The van der Waals surface area contributed by atoms with Crippen LogP contribution in [-0.4, -0.2) is 4.98 Å². The number of anilines is 1. The fourth-order valence-electron chi connectivity index (χ4n) is 1.21. The lowest BCUT2D eigenvalue weighted by molar-refractivity contribution is 1.19. The van der Waals surface area contributed by atoms with Gasteiger partial charge in [-0.05, 0) is 24.3 Å². The van der Waals surface area contributed by atoms with Gasteiger partial charge in [0.1, 0.15) is 5.82 Å². The summed E-state index contributed by atoms with van der Waals surface area (Å²) in [5.41, 5.74) is 2.51. The predicted octanol–water partition coefficient (Wildman–Crippen LogP) is 3.17. The largest absolute Gasteiger partial charge is 0.308 e. The Kier molecular flexibility index (Phi) is 3.66. The molecule has 0 spiro atoms. The number of nitrogens with one attached hydrogen (secondary N) is 1. The molecule has 0 amide bonds. The molecular weight excluding hydrogens is 242 g/mol. The molecule has 0 aliphatic carbocycles. The lowest BCUT2D eigenvalue weighted by atomic mass is 10.4. The van der Waals surface area contributed by atoms with Crippen LogP contribution in [0.2, 0.25) is 5.02 Å². The molecule has 0 aliphatic heterocycles. The minimum atomic E-state index is 0.636. The van der Waals surface area contributed by atoms with Gasteiger partial charge in [-0.25, -0.2) is 10.8 Å². The third-order valence-electron chi connectivity index (χ3n) is 1.94. The summed E-state index contributed by atoms with van der Waals surface area (Å²) in [6.07, 6.45) is 1.70. The molecular formula is C11H10ClN3S. The van der Waals surface area contributed by atoms with Crippen molar-refractivity contribution >= 4 is 29.2 Å². The molecule has 82 valence electrons. The topological polar surface area (TPSA) is 50.9 Å². The van der Waals surface area contributed by atoms with Crippen LogP contribution in [0.4, 0.5) is 5.82 Å². The highest BCUT2D eigenvalue weighted by Crippen LogP contribution is 2.33. The van der Waals surface area contributed by atoms with Crippen LogP contribution < -0.4 is 11.3 Å². The van der Waals surface area contributed by atoms with E-state index in [2.05, 4.69) is 10.4 Å². The van der Waals surface area contributed by atoms with E-state index in [0.29, 0.717) is 5.82 Å². The van der Waals surface area contributed by atoms with Crippen LogP contribution in [-0.2, 0) is 0 Å². The zero-order valence-electron chi connectivity index (χ0n) is 8.35. The van der Waals surface area contributed by atoms with E-state index in [1.807, 2.05) is 36.4 Å². The summed E-state index contributed by atoms with van der Waals surface area (Å²) in [6, 6.07) is 11.5. The Labute approximate surface area is 103 Å². The Morgan fingerprint density at radius 1 is 1.25 bits per heavy atom. The van der Waals surface area contributed by atoms with Gasteiger partial charge in [-0.3, -0.25) is 0 Å². The Balaban J connectivity index is 2.24. The van der Waals surface area contributed by atoms with E-state index in [4.69, 9.17) is 17.4 Å². The van der Waals surface area contributed by atoms with Crippen LogP contribution in [0, 0.1) is 0 Å². The van der Waals surface area contributed by atoms with Crippen LogP contribution in [0.25, 0.3) is 0 Å². The van der Waals surface area contributed by atoms with Gasteiger partial charge < -0.3 is 5.43 Å². The maximum absolute atomic E-state index is 6.07. The first-order valence-electron chi connectivity index (χ1n) is 4.64. The summed E-state index contributed by atoms with van der Waals surface area (Å²) in [5.74, 6) is 5.93. The molecule has 2 rings (SSSR count). The first-order valence-corrected chi connectivity index (χ1v) is 5.84. The molecule has 0 saturated carbocycles. The molecule has 1 heterocycles. The number of hydrazine groups is 1. The SMILES string of the molecule is NNc1cc(Sc2ccccc2Cl)ccn1. The van der Waals surface area contributed by atoms with Gasteiger partial charge in [0.05, 0.1) is 5.02 Å². The molecule has 0 aliphatic rings. The lowest BCUT2D eigenvalue weighted by Gasteiger charge is -2.05. The molecule has 0 unspecified atom stereocenters. The number of aromatic nitrogens is 1. The first kappa shape index (κ1) is 11.3. The second kappa shape index (κ2) is 5.21. The van der Waals surface area contributed by atoms with Crippen molar-refractivity contribution in [2.45, 2.75) is 9.79 Å². The molecule has 2 aromatic rings. The summed E-state index contributed by atoms with van der Waals surface area (Å²) in [5, 5.41) is 0.742. The fourth-order valence-corrected chi connectivity index (χ4v) is 2.33. The lowest BCUT2D eigenvalue weighted by Crippen LogP contribution is -2.07. The number of rotatable bonds is 3. The third-order valence-corrected chi connectivity index (χ3v) is 3.45. The Morgan fingerprint density at radius 2 is 2.06 bits per heavy atom. The highest BCUT2D eigenvalue weighted by molar-refractivity contribution is 7.99. The molecule has 3 nitrogen and oxygen atoms in total. The highest BCUT2D eigenvalue weighted by Gasteiger charge is 2.02. The van der Waals surface area contributed by atoms with Crippen molar-refractivity contribution in [2.24, 2.45) is 5.84 Å². The highest BCUT2D eigenvalue weighted by atomic mass is 35.5. The van der Waals surface area contributed by atoms with Gasteiger partial charge in [0.15, 0.2) is 0 Å². The second-order valence-electron chi connectivity index (χ2n) is 3.05. The monoisotopic (exact) mass is 251 g/mol. The Hall–Kier alpha value is -1.23. The zero-order valence-corrected chi connectivity index (χ0v) is 9.92. The van der Waals surface area contributed by atoms with E-state index >= 15 is 0 Å². The summed E-state index contributed by atoms with van der Waals surface area (Å²) in [4.78, 5) is 6.09. The van der Waals surface area contributed by atoms with Crippen LogP contribution in [0.15, 0.2) is 52.4 Å². The standard InChI is InChI=1S/C11H10ClN3S/c12-9-3-1-2-4-10(9)16-8-5-6-14-11(7-8)15-13/h1-7H,13H2,(H,14,15). The van der Waals surface area contributed by atoms with Crippen molar-refractivity contribution < 1.29 is 0 Å². The maximum Gasteiger partial charge on any atom is 0.140 e. The quantitative estimate of drug-likeness (QED) is 0.650. The van der Waals surface area contributed by atoms with Crippen molar-refractivity contribution in [2.75, 3.05) is 5.43 Å². The maximum atomic E-state index is 6.07. The molecule has 1 aromatic carbocycles. The third kappa shape index (κ3) is 2.66. The van der Waals surface area contributed by atoms with Crippen molar-refractivity contribution in [3.63, 3.8) is 0 Å². The number of benzene rings is 1. The summed E-state index contributed by atoms with van der Waals surface area (Å²) in [6.45, 7) is 0. The molecule has 0 bridgehead atoms. The first-order chi connectivity index (χ1) is 7.79. The summed E-state index contributed by atoms with van der Waals surface area (Å²) < 4.78 is 0. The zero-order chi connectivity index (χ0) is 11.4. The van der Waals surface area contributed by atoms with E-state index in [9.17, 15) is 0 Å². The normalized spacial score (nSPS) is 10.1. The fraction of sp³-hybridized carbons (Fsp3) is 0. The minimum Gasteiger partial charge on any atom is -0.308 e. The average molecular weight is 252 g/mol. The molecule has 0 saturated heterocycles. The van der Waals surface area contributed by atoms with Gasteiger partial charge in [-0.2, -0.15) is 0 Å². The van der Waals surface area contributed by atoms with E-state index in [1.165, 1.54) is 0 Å². The number of nitrogens with zero attached hydrogens (tertiary/aromatic N) is 1. The van der Waals surface area contributed by atoms with Gasteiger partial charge in [0, 0.05) is 16.0 Å². The van der Waals surface area contributed by atoms with Gasteiger partial charge in [0.2, 0.25) is 0 Å². The number of hydrogen-bond donors (Lipinski definition) is 2. The van der Waals surface area contributed by atoms with E-state index in [0.717, 1.165) is 14.8 Å². The second-order valence-corrected chi connectivity index (χ2v) is 4.58. The predicted molar refractivity (Wildman–Crippen MR) is 67.6 cm³/mol. The Morgan fingerprint density at radius 3 is 2.81 bits per heavy atom. The van der Waals surface area contributed by atoms with Crippen molar-refractivity contribution in [1.82, 2.24) is 4.98 Å². The van der Waals surface area contributed by atoms with Crippen molar-refractivity contribution in [3.8, 4) is 0 Å².